The highest BCUT2D eigenvalue weighted by molar-refractivity contribution is 6.74. The maximum absolute atomic E-state index is 15.0. The molecule has 4 aliphatic heterocycles. The average molecular weight is 1240 g/mol. The molecule has 0 aromatic heterocycles. The van der Waals surface area contributed by atoms with Gasteiger partial charge < -0.3 is 63.8 Å². The summed E-state index contributed by atoms with van der Waals surface area (Å²) in [5.41, 5.74) is 8.79. The molecule has 8 rings (SSSR count). The summed E-state index contributed by atoms with van der Waals surface area (Å²) in [4.78, 5) is 90.1. The number of nitrogens with two attached hydrogens (primary N) is 1. The number of nitrogens with zero attached hydrogens (tertiary/aromatic N) is 4. The minimum atomic E-state index is -2.79. The number of hydrogen-bond donors (Lipinski definition) is 4. The van der Waals surface area contributed by atoms with E-state index in [2.05, 4.69) is 65.3 Å². The molecule has 474 valence electrons. The first-order chi connectivity index (χ1) is 40.5. The summed E-state index contributed by atoms with van der Waals surface area (Å²) in [6.45, 7) is 31.6. The Kier molecular flexibility index (Phi) is 18.9. The minimum absolute atomic E-state index is 0.0382. The van der Waals surface area contributed by atoms with E-state index in [1.165, 1.54) is 31.3 Å². The van der Waals surface area contributed by atoms with Gasteiger partial charge in [-0.1, -0.05) is 67.5 Å². The van der Waals surface area contributed by atoms with Gasteiger partial charge in [0.1, 0.15) is 11.6 Å². The average Bonchev–Trinajstić information content (AvgIpc) is 2.52. The molecule has 3 aromatic carbocycles. The quantitative estimate of drug-likeness (QED) is 0.0643. The van der Waals surface area contributed by atoms with Crippen LogP contribution in [-0.4, -0.2) is 137 Å². The number of nitrogens with one attached hydrogen (secondary N) is 2. The third kappa shape index (κ3) is 14.0. The molecule has 0 bridgehead atoms. The van der Waals surface area contributed by atoms with E-state index in [1.54, 1.807) is 80.1 Å². The highest BCUT2D eigenvalue weighted by Gasteiger charge is 2.54. The summed E-state index contributed by atoms with van der Waals surface area (Å²) in [5, 5.41) is 16.2. The Morgan fingerprint density at radius 3 is 1.62 bits per heavy atom. The van der Waals surface area contributed by atoms with Crippen molar-refractivity contribution in [2.75, 3.05) is 42.5 Å². The normalized spacial score (nSPS) is 20.5. The zero-order valence-electron chi connectivity index (χ0n) is 54.0. The second-order valence-electron chi connectivity index (χ2n) is 27.8. The van der Waals surface area contributed by atoms with Crippen LogP contribution in [0.1, 0.15) is 141 Å². The monoisotopic (exact) mass is 1240 g/mol. The third-order valence-corrected chi connectivity index (χ3v) is 26.7. The van der Waals surface area contributed by atoms with Crippen molar-refractivity contribution in [1.29, 1.82) is 0 Å². The van der Waals surface area contributed by atoms with E-state index in [9.17, 15) is 29.1 Å². The Labute approximate surface area is 514 Å². The molecule has 3 aromatic rings. The van der Waals surface area contributed by atoms with Crippen LogP contribution in [0.25, 0.3) is 5.57 Å². The lowest BCUT2D eigenvalue weighted by molar-refractivity contribution is -0.127. The highest BCUT2D eigenvalue weighted by atomic mass is 28.4. The first kappa shape index (κ1) is 66.0. The fourth-order valence-electron chi connectivity index (χ4n) is 10.5. The molecular formula is C64H91N7O14Si2. The Morgan fingerprint density at radius 2 is 1.16 bits per heavy atom. The van der Waals surface area contributed by atoms with Gasteiger partial charge in [-0.15, -0.1) is 0 Å². The fraction of sp³-hybridized carbons (Fsp3) is 0.562. The fourth-order valence-corrected chi connectivity index (χ4v) is 12.9. The summed E-state index contributed by atoms with van der Waals surface area (Å²) in [6, 6.07) is 10.3. The van der Waals surface area contributed by atoms with Gasteiger partial charge in [0.15, 0.2) is 52.1 Å². The van der Waals surface area contributed by atoms with E-state index in [-0.39, 0.29) is 93.5 Å². The van der Waals surface area contributed by atoms with Crippen molar-refractivity contribution < 1.29 is 66.4 Å². The summed E-state index contributed by atoms with van der Waals surface area (Å²) in [5.74, 6) is -0.497. The Hall–Kier alpha value is -6.93. The van der Waals surface area contributed by atoms with Gasteiger partial charge in [-0.3, -0.25) is 19.2 Å². The number of benzene rings is 3. The van der Waals surface area contributed by atoms with Gasteiger partial charge in [-0.2, -0.15) is 0 Å². The van der Waals surface area contributed by atoms with Gasteiger partial charge in [-0.25, -0.2) is 19.4 Å². The number of hydrogen-bond acceptors (Lipinski definition) is 14. The van der Waals surface area contributed by atoms with Crippen molar-refractivity contribution >= 4 is 75.1 Å². The van der Waals surface area contributed by atoms with Gasteiger partial charge in [0, 0.05) is 36.6 Å². The first-order valence-corrected chi connectivity index (χ1v) is 35.9. The molecule has 0 saturated heterocycles. The molecular weight excluding hydrogens is 1150 g/mol. The molecule has 1 aliphatic carbocycles. The van der Waals surface area contributed by atoms with Crippen LogP contribution in [0.5, 0.6) is 23.0 Å². The zero-order chi connectivity index (χ0) is 64.2. The van der Waals surface area contributed by atoms with Gasteiger partial charge in [0.05, 0.1) is 68.1 Å². The van der Waals surface area contributed by atoms with E-state index in [0.29, 0.717) is 18.0 Å². The lowest BCUT2D eigenvalue weighted by Gasteiger charge is -2.44. The third-order valence-electron chi connectivity index (χ3n) is 17.8. The Morgan fingerprint density at radius 1 is 0.678 bits per heavy atom. The standard InChI is InChI=1S/C64H91N7O14Si2/c1-36(2)53(65)55(73)66-37(3)54(72)67-42-24-22-39(23-25-42)41-28-47-58(84-86(15,16)63(7,8)9)70(60(76)77)45-32-51(49(79-13)30-43(45)56(74)68(47)35-41)81-26-19-27-82-52-33-46-44(31-50(52)80-14)57(75)69-34-40(38-20-21-38)29-48(69)59(85-87(17,18)64(10,11)12)71(46)61(78)83-62(4,5)6/h22-25,30-38,47-48,53,58-59H,19-21,26-29,65H2,1-18H3,(H,66,73)(H,67,72)(H,76,77)/t37?,47?,48?,53?,58-,59-/m0/s1. The van der Waals surface area contributed by atoms with Crippen LogP contribution >= 0.6 is 0 Å². The molecule has 4 heterocycles. The molecule has 0 radical (unpaired) electrons. The number of rotatable bonds is 19. The van der Waals surface area contributed by atoms with Gasteiger partial charge in [-0.05, 0) is 142 Å². The van der Waals surface area contributed by atoms with E-state index in [0.717, 1.165) is 34.5 Å². The molecule has 21 nitrogen and oxygen atoms in total. The number of carbonyl (C=O) groups excluding carboxylic acids is 5. The summed E-state index contributed by atoms with van der Waals surface area (Å²) in [7, 11) is -2.51. The second kappa shape index (κ2) is 24.9. The van der Waals surface area contributed by atoms with Crippen molar-refractivity contribution in [3.63, 3.8) is 0 Å². The summed E-state index contributed by atoms with van der Waals surface area (Å²) < 4.78 is 45.0. The summed E-state index contributed by atoms with van der Waals surface area (Å²) in [6.07, 6.45) is 2.73. The van der Waals surface area contributed by atoms with E-state index in [4.69, 9.17) is 38.3 Å². The minimum Gasteiger partial charge on any atom is -0.493 e. The van der Waals surface area contributed by atoms with Crippen LogP contribution in [0.2, 0.25) is 36.3 Å². The lowest BCUT2D eigenvalue weighted by atomic mass is 10.0. The number of carboxylic acid groups (broad SMARTS) is 1. The predicted molar refractivity (Wildman–Crippen MR) is 338 cm³/mol. The number of amides is 6. The van der Waals surface area contributed by atoms with Crippen molar-refractivity contribution in [2.24, 2.45) is 17.6 Å². The summed E-state index contributed by atoms with van der Waals surface area (Å²) >= 11 is 0. The van der Waals surface area contributed by atoms with Crippen molar-refractivity contribution in [2.45, 2.75) is 194 Å². The van der Waals surface area contributed by atoms with Crippen LogP contribution < -0.4 is 45.1 Å². The Balaban J connectivity index is 1.06. The van der Waals surface area contributed by atoms with Gasteiger partial charge in [0.2, 0.25) is 11.8 Å². The molecule has 0 spiro atoms. The van der Waals surface area contributed by atoms with Crippen LogP contribution in [-0.2, 0) is 23.2 Å². The van der Waals surface area contributed by atoms with Crippen LogP contribution in [0.3, 0.4) is 0 Å². The molecule has 5 aliphatic rings. The highest BCUT2D eigenvalue weighted by Crippen LogP contribution is 2.51. The topological polar surface area (TPSA) is 250 Å². The van der Waals surface area contributed by atoms with Gasteiger partial charge in [0.25, 0.3) is 11.8 Å². The van der Waals surface area contributed by atoms with E-state index < -0.39 is 88.8 Å². The van der Waals surface area contributed by atoms with Gasteiger partial charge >= 0.3 is 12.2 Å². The Bertz CT molecular complexity index is 3210. The largest absolute Gasteiger partial charge is 0.493 e. The zero-order valence-corrected chi connectivity index (χ0v) is 56.0. The molecule has 6 amide bonds. The molecule has 4 unspecified atom stereocenters. The molecule has 1 saturated carbocycles. The number of carbonyl (C=O) groups is 6. The molecule has 6 atom stereocenters. The molecule has 23 heteroatoms. The van der Waals surface area contributed by atoms with E-state index in [1.807, 2.05) is 33.1 Å². The number of anilines is 3. The maximum atomic E-state index is 15.0. The lowest BCUT2D eigenvalue weighted by Crippen LogP contribution is -2.58. The second-order valence-corrected chi connectivity index (χ2v) is 37.3. The van der Waals surface area contributed by atoms with Crippen LogP contribution in [0.4, 0.5) is 26.7 Å². The van der Waals surface area contributed by atoms with Crippen molar-refractivity contribution in [3.05, 3.63) is 83.2 Å². The predicted octanol–water partition coefficient (Wildman–Crippen LogP) is 11.7. The maximum Gasteiger partial charge on any atom is 0.417 e. The number of ether oxygens (including phenoxy) is 5. The van der Waals surface area contributed by atoms with Crippen molar-refractivity contribution in [1.82, 2.24) is 15.1 Å². The smallest absolute Gasteiger partial charge is 0.417 e. The number of methoxy groups -OCH3 is 2. The van der Waals surface area contributed by atoms with E-state index >= 15 is 4.79 Å². The molecule has 1 fully saturated rings. The molecule has 5 N–H and O–H groups in total. The van der Waals surface area contributed by atoms with Crippen molar-refractivity contribution in [3.8, 4) is 23.0 Å². The van der Waals surface area contributed by atoms with Crippen LogP contribution in [0, 0.1) is 11.8 Å². The SMILES string of the molecule is COc1cc2c(cc1OCCCOc1cc3c(cc1OC)C(=O)N1C=C(C4CC4)CC1[C@H](O[Si](C)(C)C(C)(C)C)N3C(=O)OC(C)(C)C)N(C(=O)O)[C@@H](O[Si](C)(C)C(C)(C)C)C1CC(c3ccc(NC(=O)C(C)NC(=O)C(N)C(C)C)cc3)=CN1C2=O. The molecule has 87 heavy (non-hydrogen) atoms. The number of fused-ring (bicyclic) bond motifs is 4. The first-order valence-electron chi connectivity index (χ1n) is 30.1. The van der Waals surface area contributed by atoms with Crippen LogP contribution in [0.15, 0.2) is 66.5 Å².